The van der Waals surface area contributed by atoms with Gasteiger partial charge in [-0.1, -0.05) is 12.1 Å². The second kappa shape index (κ2) is 19.3. The predicted molar refractivity (Wildman–Crippen MR) is 157 cm³/mol. The van der Waals surface area contributed by atoms with Crippen molar-refractivity contribution in [3.8, 4) is 5.75 Å². The number of nitrogens with zero attached hydrogens (tertiary/aromatic N) is 4. The van der Waals surface area contributed by atoms with Gasteiger partial charge in [-0.2, -0.15) is 8.78 Å². The first-order valence-electron chi connectivity index (χ1n) is 14.7. The van der Waals surface area contributed by atoms with Crippen molar-refractivity contribution in [2.45, 2.75) is 30.9 Å². The van der Waals surface area contributed by atoms with Crippen molar-refractivity contribution in [3.05, 3.63) is 29.8 Å². The Balaban J connectivity index is 2.32. The summed E-state index contributed by atoms with van der Waals surface area (Å²) in [5.74, 6) is -8.48. The Labute approximate surface area is 269 Å². The number of rotatable bonds is 16. The van der Waals surface area contributed by atoms with Gasteiger partial charge in [0.25, 0.3) is 0 Å². The van der Waals surface area contributed by atoms with Gasteiger partial charge in [-0.15, -0.1) is 0 Å². The Morgan fingerprint density at radius 2 is 1.28 bits per heavy atom. The third kappa shape index (κ3) is 13.6. The molecule has 1 aromatic rings. The number of carboxylic acids is 3. The van der Waals surface area contributed by atoms with Gasteiger partial charge in [0, 0.05) is 59.5 Å². The van der Waals surface area contributed by atoms with E-state index in [0.717, 1.165) is 0 Å². The van der Waals surface area contributed by atoms with E-state index in [2.05, 4.69) is 0 Å². The number of halogens is 4. The Kier molecular flexibility index (Phi) is 16.3. The monoisotopic (exact) mass is 682 g/mol. The summed E-state index contributed by atoms with van der Waals surface area (Å²) < 4.78 is 66.0. The number of hydrogen-bond acceptors (Lipinski definition) is 11. The molecular weight excluding hydrogens is 640 g/mol. The number of carbonyl (C=O) groups is 4. The summed E-state index contributed by atoms with van der Waals surface area (Å²) in [5.41, 5.74) is 0.471. The number of benzene rings is 1. The number of alkyl halides is 4. The van der Waals surface area contributed by atoms with Crippen LogP contribution in [0.2, 0.25) is 0 Å². The second-order valence-corrected chi connectivity index (χ2v) is 11.0. The standard InChI is InChI=1S/C29H42F4N4O10/c1-45-18-23(27(43)44)37-13-8-34(16-24(38)39)7-11-36(12-9-35(10-14-37)17-25(40)46-2)22(26(41)42)15-20-3-5-21(6-4-20)47-19-29(32,33)28(30)31/h3-6,22-23,28H,7-19H2,1-2H3,(H,38,39)(H,41,42)(H,43,44). The molecule has 1 saturated heterocycles. The molecule has 47 heavy (non-hydrogen) atoms. The highest BCUT2D eigenvalue weighted by molar-refractivity contribution is 5.74. The molecule has 1 fully saturated rings. The largest absolute Gasteiger partial charge is 0.487 e. The maximum absolute atomic E-state index is 13.2. The van der Waals surface area contributed by atoms with Gasteiger partial charge >= 0.3 is 36.2 Å². The summed E-state index contributed by atoms with van der Waals surface area (Å²) in [6.07, 6.45) is -3.96. The lowest BCUT2D eigenvalue weighted by molar-refractivity contribution is -0.148. The van der Waals surface area contributed by atoms with Crippen LogP contribution in [0.4, 0.5) is 17.6 Å². The number of esters is 1. The van der Waals surface area contributed by atoms with E-state index in [1.54, 1.807) is 19.6 Å². The average molecular weight is 683 g/mol. The lowest BCUT2D eigenvalue weighted by Gasteiger charge is -2.37. The van der Waals surface area contributed by atoms with Crippen LogP contribution in [0.1, 0.15) is 5.56 Å². The molecule has 0 aromatic heterocycles. The molecule has 3 N–H and O–H groups in total. The number of hydrogen-bond donors (Lipinski definition) is 3. The minimum Gasteiger partial charge on any atom is -0.487 e. The lowest BCUT2D eigenvalue weighted by Crippen LogP contribution is -2.54. The smallest absolute Gasteiger partial charge is 0.340 e. The van der Waals surface area contributed by atoms with Crippen LogP contribution in [-0.2, 0) is 35.1 Å². The molecule has 1 heterocycles. The van der Waals surface area contributed by atoms with E-state index in [1.807, 2.05) is 0 Å². The summed E-state index contributed by atoms with van der Waals surface area (Å²) in [7, 11) is 2.58. The van der Waals surface area contributed by atoms with Crippen molar-refractivity contribution in [1.82, 2.24) is 19.6 Å². The molecule has 0 saturated carbocycles. The number of ether oxygens (including phenoxy) is 3. The quantitative estimate of drug-likeness (QED) is 0.163. The third-order valence-electron chi connectivity index (χ3n) is 7.63. The van der Waals surface area contributed by atoms with Gasteiger partial charge in [0.1, 0.15) is 17.8 Å². The zero-order valence-corrected chi connectivity index (χ0v) is 26.2. The maximum atomic E-state index is 13.2. The van der Waals surface area contributed by atoms with Crippen LogP contribution in [-0.4, -0.2) is 176 Å². The van der Waals surface area contributed by atoms with E-state index in [0.29, 0.717) is 5.56 Å². The van der Waals surface area contributed by atoms with E-state index in [-0.39, 0.29) is 84.2 Å². The summed E-state index contributed by atoms with van der Waals surface area (Å²) >= 11 is 0. The van der Waals surface area contributed by atoms with Gasteiger partial charge in [0.2, 0.25) is 0 Å². The molecule has 0 aliphatic carbocycles. The molecule has 266 valence electrons. The van der Waals surface area contributed by atoms with Gasteiger partial charge < -0.3 is 29.5 Å². The SMILES string of the molecule is COCC(C(=O)O)N1CCN(CC(=O)O)CCN(C(Cc2ccc(OCC(F)(F)C(F)F)cc2)C(=O)O)CCN(CC(=O)OC)CC1. The molecule has 1 aliphatic heterocycles. The van der Waals surface area contributed by atoms with Gasteiger partial charge in [0.15, 0.2) is 6.61 Å². The van der Waals surface area contributed by atoms with Crippen molar-refractivity contribution in [2.24, 2.45) is 0 Å². The molecule has 0 radical (unpaired) electrons. The van der Waals surface area contributed by atoms with Crippen LogP contribution < -0.4 is 4.74 Å². The highest BCUT2D eigenvalue weighted by atomic mass is 19.3. The average Bonchev–Trinajstić information content (AvgIpc) is 3.00. The summed E-state index contributed by atoms with van der Waals surface area (Å²) in [6.45, 7) is -1.12. The minimum atomic E-state index is -4.34. The Bertz CT molecular complexity index is 1160. The zero-order valence-electron chi connectivity index (χ0n) is 26.2. The summed E-state index contributed by atoms with van der Waals surface area (Å²) in [4.78, 5) is 55.0. The first-order valence-corrected chi connectivity index (χ1v) is 14.7. The Hall–Kier alpha value is -3.58. The molecule has 2 unspecified atom stereocenters. The van der Waals surface area contributed by atoms with Gasteiger partial charge in [-0.25, -0.2) is 8.78 Å². The molecule has 1 aliphatic rings. The van der Waals surface area contributed by atoms with E-state index in [9.17, 15) is 52.1 Å². The van der Waals surface area contributed by atoms with E-state index < -0.39 is 54.9 Å². The topological polar surface area (TPSA) is 170 Å². The highest BCUT2D eigenvalue weighted by Crippen LogP contribution is 2.25. The molecule has 0 amide bonds. The summed E-state index contributed by atoms with van der Waals surface area (Å²) in [6, 6.07) is 3.19. The molecule has 2 atom stereocenters. The zero-order chi connectivity index (χ0) is 35.1. The van der Waals surface area contributed by atoms with Crippen molar-refractivity contribution in [1.29, 1.82) is 0 Å². The number of aliphatic carboxylic acids is 3. The first-order chi connectivity index (χ1) is 22.2. The third-order valence-corrected chi connectivity index (χ3v) is 7.63. The van der Waals surface area contributed by atoms with E-state index in [1.165, 1.54) is 38.5 Å². The minimum absolute atomic E-state index is 0.0656. The van der Waals surface area contributed by atoms with Crippen LogP contribution in [0.15, 0.2) is 24.3 Å². The summed E-state index contributed by atoms with van der Waals surface area (Å²) in [5, 5.41) is 29.6. The predicted octanol–water partition coefficient (Wildman–Crippen LogP) is 0.540. The maximum Gasteiger partial charge on any atom is 0.340 e. The van der Waals surface area contributed by atoms with Crippen molar-refractivity contribution in [2.75, 3.05) is 92.9 Å². The van der Waals surface area contributed by atoms with Crippen molar-refractivity contribution >= 4 is 23.9 Å². The van der Waals surface area contributed by atoms with Gasteiger partial charge in [-0.3, -0.25) is 38.8 Å². The van der Waals surface area contributed by atoms with Crippen molar-refractivity contribution < 1.29 is 66.3 Å². The Morgan fingerprint density at radius 3 is 1.70 bits per heavy atom. The fourth-order valence-corrected chi connectivity index (χ4v) is 4.96. The van der Waals surface area contributed by atoms with Gasteiger partial charge in [0.05, 0.1) is 26.8 Å². The van der Waals surface area contributed by atoms with Crippen LogP contribution in [0, 0.1) is 0 Å². The molecule has 2 rings (SSSR count). The number of carboxylic acid groups (broad SMARTS) is 3. The number of methoxy groups -OCH3 is 2. The van der Waals surface area contributed by atoms with Gasteiger partial charge in [-0.05, 0) is 24.1 Å². The molecule has 18 heteroatoms. The molecule has 14 nitrogen and oxygen atoms in total. The normalized spacial score (nSPS) is 18.1. The molecule has 1 aromatic carbocycles. The fraction of sp³-hybridized carbons (Fsp3) is 0.655. The first kappa shape index (κ1) is 39.6. The molecular formula is C29H42F4N4O10. The molecule has 0 bridgehead atoms. The number of carbonyl (C=O) groups excluding carboxylic acids is 1. The Morgan fingerprint density at radius 1 is 0.787 bits per heavy atom. The van der Waals surface area contributed by atoms with Crippen LogP contribution >= 0.6 is 0 Å². The van der Waals surface area contributed by atoms with Crippen LogP contribution in [0.5, 0.6) is 5.75 Å². The highest BCUT2D eigenvalue weighted by Gasteiger charge is 2.41. The van der Waals surface area contributed by atoms with Crippen LogP contribution in [0.3, 0.4) is 0 Å². The van der Waals surface area contributed by atoms with E-state index in [4.69, 9.17) is 14.2 Å². The van der Waals surface area contributed by atoms with Crippen LogP contribution in [0.25, 0.3) is 0 Å². The lowest BCUT2D eigenvalue weighted by atomic mass is 10.0. The fourth-order valence-electron chi connectivity index (χ4n) is 4.96. The van der Waals surface area contributed by atoms with E-state index >= 15 is 0 Å². The van der Waals surface area contributed by atoms with Crippen molar-refractivity contribution in [3.63, 3.8) is 0 Å². The molecule has 0 spiro atoms. The second-order valence-electron chi connectivity index (χ2n) is 11.0.